The first kappa shape index (κ1) is 7.22. The van der Waals surface area contributed by atoms with Gasteiger partial charge in [-0.25, -0.2) is 0 Å². The van der Waals surface area contributed by atoms with Crippen LogP contribution in [0.2, 0.25) is 13.6 Å². The zero-order chi connectivity index (χ0) is 6.04. The minimum absolute atomic E-state index is 1.43. The first-order chi connectivity index (χ1) is 3.71. The molecule has 0 aromatic heterocycles. The van der Waals surface area contributed by atoms with Crippen molar-refractivity contribution in [3.05, 3.63) is 0 Å². The Kier molecular flexibility index (Phi) is 2.52. The molecule has 1 heterocycles. The summed E-state index contributed by atoms with van der Waals surface area (Å²) in [5.41, 5.74) is 0. The summed E-state index contributed by atoms with van der Waals surface area (Å²) in [4.78, 5) is 2.36. The Hall–Kier alpha value is 1.11. The van der Waals surface area contributed by atoms with E-state index < -0.39 is 17.7 Å². The first-order valence-electron chi connectivity index (χ1n) is 3.40. The van der Waals surface area contributed by atoms with E-state index in [0.717, 1.165) is 0 Å². The zero-order valence-electron chi connectivity index (χ0n) is 5.41. The van der Waals surface area contributed by atoms with Crippen LogP contribution < -0.4 is 0 Å². The summed E-state index contributed by atoms with van der Waals surface area (Å²) in [7, 11) is 6.28. The third-order valence-electron chi connectivity index (χ3n) is 1.90. The molecule has 0 nitrogen and oxygen atoms in total. The molecule has 0 saturated carbocycles. The summed E-state index contributed by atoms with van der Waals surface area (Å²) in [6.07, 6.45) is 4.30. The molecule has 8 heavy (non-hydrogen) atoms. The van der Waals surface area contributed by atoms with Crippen molar-refractivity contribution < 1.29 is 0 Å². The van der Waals surface area contributed by atoms with Crippen LogP contribution in [-0.2, 0) is 0 Å². The summed E-state index contributed by atoms with van der Waals surface area (Å²) in [6.45, 7) is 0. The van der Waals surface area contributed by atoms with E-state index >= 15 is 0 Å². The summed E-state index contributed by atoms with van der Waals surface area (Å²) in [5, 5.41) is 0. The van der Waals surface area contributed by atoms with Gasteiger partial charge < -0.3 is 0 Å². The van der Waals surface area contributed by atoms with E-state index in [1.54, 1.807) is 0 Å². The standard InChI is InChI=1S/C5H10.CH3.ClH.Sb.H/c1-3-5-4-2;;;;/h1-5H2;1H3;1H;;/q;;;+1;/p-1. The maximum atomic E-state index is 6.28. The molecular formula is C6H14ClSb. The molecule has 0 unspecified atom stereocenters. The third kappa shape index (κ3) is 2.15. The van der Waals surface area contributed by atoms with Crippen molar-refractivity contribution in [2.75, 3.05) is 0 Å². The van der Waals surface area contributed by atoms with Crippen molar-refractivity contribution in [2.24, 2.45) is 0 Å². The average molecular weight is 243 g/mol. The topological polar surface area (TPSA) is 0 Å². The van der Waals surface area contributed by atoms with Gasteiger partial charge in [-0.3, -0.25) is 0 Å². The molecule has 0 aromatic rings. The predicted octanol–water partition coefficient (Wildman–Crippen LogP) is 2.72. The Labute approximate surface area is 59.3 Å². The van der Waals surface area contributed by atoms with E-state index in [0.29, 0.717) is 0 Å². The number of rotatable bonds is 0. The number of hydrogen-bond acceptors (Lipinski definition) is 0. The van der Waals surface area contributed by atoms with Gasteiger partial charge in [-0.15, -0.1) is 0 Å². The maximum absolute atomic E-state index is 6.28. The third-order valence-corrected chi connectivity index (χ3v) is 12.4. The first-order valence-corrected chi connectivity index (χ1v) is 13.9. The second-order valence-electron chi connectivity index (χ2n) is 2.97. The van der Waals surface area contributed by atoms with Gasteiger partial charge in [-0.2, -0.15) is 0 Å². The second kappa shape index (κ2) is 2.79. The molecule has 1 rings (SSSR count). The summed E-state index contributed by atoms with van der Waals surface area (Å²) >= 11 is -1.77. The molecule has 0 N–H and O–H groups in total. The van der Waals surface area contributed by atoms with E-state index in [2.05, 4.69) is 4.87 Å². The molecule has 0 atom stereocenters. The Bertz CT molecular complexity index is 72.6. The number of hydrogen-bond donors (Lipinski definition) is 0. The normalized spacial score (nSPS) is 31.8. The van der Waals surface area contributed by atoms with Gasteiger partial charge in [0.05, 0.1) is 0 Å². The SMILES string of the molecule is [CH3][SbH]1([Cl])[CH2]CCC[CH2]1. The van der Waals surface area contributed by atoms with Crippen molar-refractivity contribution in [3.63, 3.8) is 0 Å². The van der Waals surface area contributed by atoms with Crippen LogP contribution in [0.25, 0.3) is 0 Å². The van der Waals surface area contributed by atoms with Crippen LogP contribution in [-0.4, -0.2) is 17.7 Å². The second-order valence-corrected chi connectivity index (χ2v) is 20.0. The van der Waals surface area contributed by atoms with Gasteiger partial charge in [-0.05, 0) is 0 Å². The predicted molar refractivity (Wildman–Crippen MR) is 42.3 cm³/mol. The van der Waals surface area contributed by atoms with Gasteiger partial charge in [0.1, 0.15) is 0 Å². The van der Waals surface area contributed by atoms with Crippen LogP contribution in [0.4, 0.5) is 0 Å². The van der Waals surface area contributed by atoms with Crippen molar-refractivity contribution in [1.29, 1.82) is 0 Å². The van der Waals surface area contributed by atoms with Gasteiger partial charge in [0, 0.05) is 0 Å². The molecule has 50 valence electrons. The molecular weight excluding hydrogens is 229 g/mol. The molecule has 0 amide bonds. The average Bonchev–Trinajstić information content (AvgIpc) is 1.65. The van der Waals surface area contributed by atoms with Gasteiger partial charge in [0.15, 0.2) is 0 Å². The Morgan fingerprint density at radius 1 is 1.12 bits per heavy atom. The Balaban J connectivity index is 2.33. The van der Waals surface area contributed by atoms with Gasteiger partial charge >= 0.3 is 59.4 Å². The molecule has 1 aliphatic heterocycles. The molecule has 0 aromatic carbocycles. The van der Waals surface area contributed by atoms with E-state index in [-0.39, 0.29) is 0 Å². The fourth-order valence-corrected chi connectivity index (χ4v) is 9.43. The van der Waals surface area contributed by atoms with Crippen molar-refractivity contribution in [1.82, 2.24) is 0 Å². The molecule has 0 radical (unpaired) electrons. The van der Waals surface area contributed by atoms with E-state index in [1.807, 2.05) is 0 Å². The van der Waals surface area contributed by atoms with Crippen LogP contribution in [0.1, 0.15) is 19.3 Å². The fraction of sp³-hybridized carbons (Fsp3) is 1.00. The zero-order valence-corrected chi connectivity index (χ0v) is 9.02. The van der Waals surface area contributed by atoms with Gasteiger partial charge in [0.25, 0.3) is 0 Å². The molecule has 0 aliphatic carbocycles. The van der Waals surface area contributed by atoms with Crippen LogP contribution in [0, 0.1) is 0 Å². The van der Waals surface area contributed by atoms with Crippen LogP contribution >= 0.6 is 8.83 Å². The van der Waals surface area contributed by atoms with Crippen LogP contribution in [0.3, 0.4) is 0 Å². The summed E-state index contributed by atoms with van der Waals surface area (Å²) in [5.74, 6) is 0. The molecule has 1 fully saturated rings. The molecule has 2 heteroatoms. The van der Waals surface area contributed by atoms with Gasteiger partial charge in [-0.1, -0.05) is 0 Å². The minimum atomic E-state index is -1.77. The molecule has 0 spiro atoms. The summed E-state index contributed by atoms with van der Waals surface area (Å²) < 4.78 is 2.85. The van der Waals surface area contributed by atoms with Crippen LogP contribution in [0.15, 0.2) is 0 Å². The van der Waals surface area contributed by atoms with Crippen LogP contribution in [0.5, 0.6) is 0 Å². The molecule has 1 saturated heterocycles. The van der Waals surface area contributed by atoms with Crippen molar-refractivity contribution >= 4 is 26.5 Å². The van der Waals surface area contributed by atoms with Gasteiger partial charge in [0.2, 0.25) is 0 Å². The summed E-state index contributed by atoms with van der Waals surface area (Å²) in [6, 6.07) is 0. The fourth-order valence-electron chi connectivity index (χ4n) is 1.29. The molecule has 1 aliphatic rings. The van der Waals surface area contributed by atoms with E-state index in [1.165, 1.54) is 28.0 Å². The number of halogens is 1. The Morgan fingerprint density at radius 2 is 1.62 bits per heavy atom. The quantitative estimate of drug-likeness (QED) is 0.574. The van der Waals surface area contributed by atoms with Crippen molar-refractivity contribution in [3.8, 4) is 0 Å². The van der Waals surface area contributed by atoms with Crippen molar-refractivity contribution in [2.45, 2.75) is 32.9 Å². The van der Waals surface area contributed by atoms with E-state index in [9.17, 15) is 0 Å². The monoisotopic (exact) mass is 242 g/mol. The van der Waals surface area contributed by atoms with E-state index in [4.69, 9.17) is 8.83 Å². The Morgan fingerprint density at radius 3 is 1.88 bits per heavy atom. The molecule has 0 bridgehead atoms.